The van der Waals surface area contributed by atoms with Crippen molar-refractivity contribution in [3.8, 4) is 0 Å². The van der Waals surface area contributed by atoms with E-state index in [4.69, 9.17) is 4.74 Å². The molecule has 4 saturated carbocycles. The summed E-state index contributed by atoms with van der Waals surface area (Å²) >= 11 is 0. The summed E-state index contributed by atoms with van der Waals surface area (Å²) in [6, 6.07) is 4.51. The Kier molecular flexibility index (Phi) is 4.41. The van der Waals surface area contributed by atoms with E-state index >= 15 is 0 Å². The van der Waals surface area contributed by atoms with Gasteiger partial charge in [-0.2, -0.15) is 0 Å². The molecule has 0 aromatic heterocycles. The summed E-state index contributed by atoms with van der Waals surface area (Å²) in [7, 11) is 0. The standard InChI is InChI=1S/C20H24N2O6/c1-12-3-2-4-15(22(26)27)17(12)21-16(23)10-28-18(24)19-6-13-5-14(7-19)9-20(25,8-13)11-19/h2-4,13-14,25H,5-11H2,1H3,(H,21,23)/t13-,14+,19?,20?. The van der Waals surface area contributed by atoms with Gasteiger partial charge < -0.3 is 15.2 Å². The Labute approximate surface area is 162 Å². The van der Waals surface area contributed by atoms with E-state index in [2.05, 4.69) is 5.32 Å². The van der Waals surface area contributed by atoms with Crippen LogP contribution in [0.4, 0.5) is 11.4 Å². The highest BCUT2D eigenvalue weighted by Gasteiger charge is 2.60. The summed E-state index contributed by atoms with van der Waals surface area (Å²) in [5, 5.41) is 24.4. The highest BCUT2D eigenvalue weighted by molar-refractivity contribution is 5.96. The molecule has 28 heavy (non-hydrogen) atoms. The Balaban J connectivity index is 1.41. The number of carbonyl (C=O) groups excluding carboxylic acids is 2. The minimum atomic E-state index is -0.785. The molecule has 0 saturated heterocycles. The van der Waals surface area contributed by atoms with Gasteiger partial charge in [-0.15, -0.1) is 0 Å². The van der Waals surface area contributed by atoms with Crippen LogP contribution in [0.5, 0.6) is 0 Å². The van der Waals surface area contributed by atoms with Crippen LogP contribution in [0.3, 0.4) is 0 Å². The van der Waals surface area contributed by atoms with Crippen LogP contribution in [-0.2, 0) is 14.3 Å². The summed E-state index contributed by atoms with van der Waals surface area (Å²) in [5.74, 6) is -0.381. The van der Waals surface area contributed by atoms with Crippen molar-refractivity contribution in [3.05, 3.63) is 33.9 Å². The van der Waals surface area contributed by atoms with Crippen LogP contribution in [0.2, 0.25) is 0 Å². The summed E-state index contributed by atoms with van der Waals surface area (Å²) < 4.78 is 5.31. The third kappa shape index (κ3) is 3.26. The lowest BCUT2D eigenvalue weighted by Crippen LogP contribution is -2.58. The van der Waals surface area contributed by atoms with Crippen LogP contribution in [0.15, 0.2) is 18.2 Å². The fourth-order valence-corrected chi connectivity index (χ4v) is 5.88. The van der Waals surface area contributed by atoms with Crippen LogP contribution >= 0.6 is 0 Å². The first-order valence-electron chi connectivity index (χ1n) is 9.63. The van der Waals surface area contributed by atoms with E-state index < -0.39 is 34.4 Å². The topological polar surface area (TPSA) is 119 Å². The number of esters is 1. The molecule has 8 heteroatoms. The molecule has 4 aliphatic carbocycles. The molecule has 2 N–H and O–H groups in total. The summed E-state index contributed by atoms with van der Waals surface area (Å²) in [4.78, 5) is 35.7. The predicted octanol–water partition coefficient (Wildman–Crippen LogP) is 2.72. The van der Waals surface area contributed by atoms with Gasteiger partial charge in [0, 0.05) is 6.07 Å². The number of benzene rings is 1. The molecule has 5 rings (SSSR count). The Morgan fingerprint density at radius 3 is 2.57 bits per heavy atom. The van der Waals surface area contributed by atoms with Gasteiger partial charge in [-0.1, -0.05) is 12.1 Å². The number of aryl methyl sites for hydroxylation is 1. The van der Waals surface area contributed by atoms with Crippen LogP contribution in [0.1, 0.15) is 44.1 Å². The maximum absolute atomic E-state index is 12.8. The molecule has 4 fully saturated rings. The summed E-state index contributed by atoms with van der Waals surface area (Å²) in [6.07, 6.45) is 4.35. The number of ether oxygens (including phenoxy) is 1. The zero-order valence-corrected chi connectivity index (χ0v) is 15.8. The number of carbonyl (C=O) groups is 2. The number of hydrogen-bond acceptors (Lipinski definition) is 6. The number of hydrogen-bond donors (Lipinski definition) is 2. The molecular formula is C20H24N2O6. The van der Waals surface area contributed by atoms with Crippen LogP contribution in [0, 0.1) is 34.3 Å². The van der Waals surface area contributed by atoms with Crippen LogP contribution in [-0.4, -0.2) is 34.1 Å². The average molecular weight is 388 g/mol. The molecule has 8 nitrogen and oxygen atoms in total. The first-order chi connectivity index (χ1) is 13.2. The molecule has 0 spiro atoms. The predicted molar refractivity (Wildman–Crippen MR) is 99.5 cm³/mol. The highest BCUT2D eigenvalue weighted by atomic mass is 16.6. The lowest BCUT2D eigenvalue weighted by atomic mass is 9.48. The van der Waals surface area contributed by atoms with Crippen molar-refractivity contribution in [3.63, 3.8) is 0 Å². The van der Waals surface area contributed by atoms with Gasteiger partial charge >= 0.3 is 5.97 Å². The van der Waals surface area contributed by atoms with E-state index in [1.165, 1.54) is 6.07 Å². The second-order valence-electron chi connectivity index (χ2n) is 8.82. The number of aliphatic hydroxyl groups is 1. The zero-order valence-electron chi connectivity index (χ0n) is 15.8. The molecule has 0 radical (unpaired) electrons. The molecule has 1 aromatic rings. The molecule has 4 bridgehead atoms. The monoisotopic (exact) mass is 388 g/mol. The van der Waals surface area contributed by atoms with Gasteiger partial charge in [0.05, 0.1) is 15.9 Å². The smallest absolute Gasteiger partial charge is 0.312 e. The van der Waals surface area contributed by atoms with Gasteiger partial charge in [-0.25, -0.2) is 0 Å². The molecule has 1 aromatic carbocycles. The molecule has 2 unspecified atom stereocenters. The Hall–Kier alpha value is -2.48. The Bertz CT molecular complexity index is 837. The van der Waals surface area contributed by atoms with Gasteiger partial charge in [0.15, 0.2) is 6.61 Å². The second-order valence-corrected chi connectivity index (χ2v) is 8.82. The van der Waals surface area contributed by atoms with E-state index in [0.717, 1.165) is 19.3 Å². The van der Waals surface area contributed by atoms with Gasteiger partial charge in [0.1, 0.15) is 5.69 Å². The van der Waals surface area contributed by atoms with Crippen molar-refractivity contribution in [1.82, 2.24) is 0 Å². The molecule has 4 atom stereocenters. The average Bonchev–Trinajstić information content (AvgIpc) is 2.59. The molecular weight excluding hydrogens is 364 g/mol. The van der Waals surface area contributed by atoms with Crippen LogP contribution < -0.4 is 5.32 Å². The van der Waals surface area contributed by atoms with Crippen molar-refractivity contribution in [2.24, 2.45) is 17.3 Å². The van der Waals surface area contributed by atoms with E-state index in [1.807, 2.05) is 0 Å². The van der Waals surface area contributed by atoms with E-state index in [9.17, 15) is 24.8 Å². The van der Waals surface area contributed by atoms with Crippen molar-refractivity contribution < 1.29 is 24.4 Å². The van der Waals surface area contributed by atoms with Crippen molar-refractivity contribution in [2.45, 2.75) is 51.0 Å². The minimum absolute atomic E-state index is 0.109. The van der Waals surface area contributed by atoms with E-state index in [1.54, 1.807) is 19.1 Å². The van der Waals surface area contributed by atoms with Gasteiger partial charge in [-0.3, -0.25) is 19.7 Å². The maximum Gasteiger partial charge on any atom is 0.312 e. The highest BCUT2D eigenvalue weighted by Crippen LogP contribution is 2.61. The van der Waals surface area contributed by atoms with E-state index in [0.29, 0.717) is 36.7 Å². The summed E-state index contributed by atoms with van der Waals surface area (Å²) in [5.41, 5.74) is -1.03. The van der Waals surface area contributed by atoms with Crippen molar-refractivity contribution in [2.75, 3.05) is 11.9 Å². The number of nitro benzene ring substituents is 1. The summed E-state index contributed by atoms with van der Waals surface area (Å²) in [6.45, 7) is 1.16. The third-order valence-electron chi connectivity index (χ3n) is 6.51. The van der Waals surface area contributed by atoms with Gasteiger partial charge in [0.25, 0.3) is 11.6 Å². The molecule has 4 aliphatic rings. The van der Waals surface area contributed by atoms with Crippen LogP contribution in [0.25, 0.3) is 0 Å². The molecule has 0 aliphatic heterocycles. The lowest BCUT2D eigenvalue weighted by molar-refractivity contribution is -0.384. The first kappa shape index (κ1) is 18.9. The molecule has 0 heterocycles. The number of anilines is 1. The lowest BCUT2D eigenvalue weighted by Gasteiger charge is -2.58. The van der Waals surface area contributed by atoms with Gasteiger partial charge in [0.2, 0.25) is 0 Å². The van der Waals surface area contributed by atoms with Crippen molar-refractivity contribution in [1.29, 1.82) is 0 Å². The number of para-hydroxylation sites is 1. The number of rotatable bonds is 5. The van der Waals surface area contributed by atoms with Gasteiger partial charge in [-0.05, 0) is 62.8 Å². The molecule has 150 valence electrons. The normalized spacial score (nSPS) is 32.8. The number of amides is 1. The Morgan fingerprint density at radius 1 is 1.29 bits per heavy atom. The fourth-order valence-electron chi connectivity index (χ4n) is 5.88. The van der Waals surface area contributed by atoms with Crippen molar-refractivity contribution >= 4 is 23.3 Å². The zero-order chi connectivity index (χ0) is 20.1. The second kappa shape index (κ2) is 6.55. The first-order valence-corrected chi connectivity index (χ1v) is 9.63. The quantitative estimate of drug-likeness (QED) is 0.455. The largest absolute Gasteiger partial charge is 0.455 e. The van der Waals surface area contributed by atoms with E-state index in [-0.39, 0.29) is 11.4 Å². The number of nitro groups is 1. The third-order valence-corrected chi connectivity index (χ3v) is 6.51. The fraction of sp³-hybridized carbons (Fsp3) is 0.600. The minimum Gasteiger partial charge on any atom is -0.455 e. The molecule has 1 amide bonds. The SMILES string of the molecule is Cc1cccc([N+](=O)[O-])c1NC(=O)COC(=O)C12C[C@@H]3C[C@@H](CC(O)(C3)C1)C2. The Morgan fingerprint density at radius 2 is 1.96 bits per heavy atom. The number of nitrogens with one attached hydrogen (secondary N) is 1. The number of nitrogens with zero attached hydrogens (tertiary/aromatic N) is 1. The maximum atomic E-state index is 12.8.